The molecule has 1 aliphatic heterocycles. The smallest absolute Gasteiger partial charge is 0.237 e. The first-order valence-electron chi connectivity index (χ1n) is 11.2. The van der Waals surface area contributed by atoms with E-state index in [-0.39, 0.29) is 12.2 Å². The molecule has 7 heteroatoms. The first-order valence-corrected chi connectivity index (χ1v) is 12.7. The summed E-state index contributed by atoms with van der Waals surface area (Å²) in [5.41, 5.74) is 6.48. The number of sulfonamides is 1. The Bertz CT molecular complexity index is 1030. The molecular formula is C25H37N3O3S. The van der Waals surface area contributed by atoms with Crippen molar-refractivity contribution >= 4 is 27.1 Å². The number of nitrogens with one attached hydrogen (secondary N) is 2. The molecular weight excluding hydrogens is 422 g/mol. The Morgan fingerprint density at radius 3 is 2.16 bits per heavy atom. The van der Waals surface area contributed by atoms with Gasteiger partial charge in [0, 0.05) is 36.7 Å². The van der Waals surface area contributed by atoms with Crippen molar-refractivity contribution in [2.24, 2.45) is 0 Å². The van der Waals surface area contributed by atoms with Crippen molar-refractivity contribution < 1.29 is 13.2 Å². The number of hydrogen-bond donors (Lipinski definition) is 2. The van der Waals surface area contributed by atoms with Crippen molar-refractivity contribution in [1.29, 1.82) is 0 Å². The van der Waals surface area contributed by atoms with Gasteiger partial charge in [-0.3, -0.25) is 4.72 Å². The molecule has 176 valence electrons. The zero-order valence-corrected chi connectivity index (χ0v) is 21.1. The largest absolute Gasteiger partial charge is 0.381 e. The first kappa shape index (κ1) is 24.4. The van der Waals surface area contributed by atoms with Gasteiger partial charge in [0.25, 0.3) is 0 Å². The summed E-state index contributed by atoms with van der Waals surface area (Å²) < 4.78 is 32.3. The highest BCUT2D eigenvalue weighted by atomic mass is 32.2. The van der Waals surface area contributed by atoms with E-state index in [1.54, 1.807) is 20.8 Å². The summed E-state index contributed by atoms with van der Waals surface area (Å²) in [6.45, 7) is 16.1. The molecule has 0 amide bonds. The van der Waals surface area contributed by atoms with Crippen LogP contribution < -0.4 is 14.9 Å². The number of ether oxygens (including phenoxy) is 1. The van der Waals surface area contributed by atoms with E-state index >= 15 is 0 Å². The normalized spacial score (nSPS) is 19.7. The molecule has 3 rings (SSSR count). The third kappa shape index (κ3) is 5.75. The molecule has 1 fully saturated rings. The van der Waals surface area contributed by atoms with Crippen LogP contribution in [0.2, 0.25) is 0 Å². The third-order valence-electron chi connectivity index (χ3n) is 5.80. The summed E-state index contributed by atoms with van der Waals surface area (Å²) in [6, 6.07) is 12.0. The molecule has 2 aromatic carbocycles. The van der Waals surface area contributed by atoms with E-state index in [0.717, 1.165) is 24.3 Å². The number of rotatable bonds is 6. The van der Waals surface area contributed by atoms with Crippen molar-refractivity contribution in [2.75, 3.05) is 28.0 Å². The Hall–Kier alpha value is -2.25. The molecule has 0 radical (unpaired) electrons. The monoisotopic (exact) mass is 459 g/mol. The van der Waals surface area contributed by atoms with Crippen LogP contribution in [0.1, 0.15) is 51.3 Å². The number of aryl methyl sites for hydroxylation is 2. The first-order chi connectivity index (χ1) is 14.9. The van der Waals surface area contributed by atoms with E-state index in [0.29, 0.717) is 12.2 Å². The summed E-state index contributed by atoms with van der Waals surface area (Å²) >= 11 is 0. The summed E-state index contributed by atoms with van der Waals surface area (Å²) in [5.74, 6) is 0. The van der Waals surface area contributed by atoms with Crippen LogP contribution >= 0.6 is 0 Å². The minimum atomic E-state index is -3.43. The van der Waals surface area contributed by atoms with Crippen LogP contribution in [0.3, 0.4) is 0 Å². The molecule has 1 saturated heterocycles. The van der Waals surface area contributed by atoms with Crippen LogP contribution in [0.15, 0.2) is 36.4 Å². The van der Waals surface area contributed by atoms with E-state index in [1.165, 1.54) is 16.8 Å². The van der Waals surface area contributed by atoms with Crippen molar-refractivity contribution in [3.63, 3.8) is 0 Å². The van der Waals surface area contributed by atoms with Gasteiger partial charge < -0.3 is 15.0 Å². The maximum Gasteiger partial charge on any atom is 0.237 e. The summed E-state index contributed by atoms with van der Waals surface area (Å²) in [5, 5.41) is 3.53. The molecule has 0 spiro atoms. The molecule has 0 aliphatic carbocycles. The molecule has 2 aromatic rings. The standard InChI is InChI=1S/C25H37N3O3S/c1-17-13-24(28-15-19(3)31-20(4)16-28)18(2)12-23(17)26-14-21-8-10-22(11-9-21)27-32(29,30)25(5,6)7/h8-13,19-20,26-27H,14-16H2,1-7H3. The SMILES string of the molecule is Cc1cc(N2CC(C)OC(C)C2)c(C)cc1NCc1ccc(NS(=O)(=O)C(C)(C)C)cc1. The third-order valence-corrected chi connectivity index (χ3v) is 7.92. The molecule has 0 saturated carbocycles. The molecule has 2 atom stereocenters. The van der Waals surface area contributed by atoms with Gasteiger partial charge in [-0.1, -0.05) is 12.1 Å². The molecule has 0 aromatic heterocycles. The number of morpholine rings is 1. The maximum atomic E-state index is 12.3. The van der Waals surface area contributed by atoms with E-state index in [1.807, 2.05) is 24.3 Å². The Morgan fingerprint density at radius 2 is 1.59 bits per heavy atom. The van der Waals surface area contributed by atoms with Crippen LogP contribution in [0.5, 0.6) is 0 Å². The Morgan fingerprint density at radius 1 is 1.00 bits per heavy atom. The van der Waals surface area contributed by atoms with Crippen LogP contribution in [-0.4, -0.2) is 38.5 Å². The highest BCUT2D eigenvalue weighted by Gasteiger charge is 2.28. The average molecular weight is 460 g/mol. The quantitative estimate of drug-likeness (QED) is 0.631. The maximum absolute atomic E-state index is 12.3. The minimum absolute atomic E-state index is 0.229. The van der Waals surface area contributed by atoms with E-state index in [9.17, 15) is 8.42 Å². The average Bonchev–Trinajstić information content (AvgIpc) is 2.67. The van der Waals surface area contributed by atoms with Gasteiger partial charge in [0.1, 0.15) is 0 Å². The van der Waals surface area contributed by atoms with Gasteiger partial charge >= 0.3 is 0 Å². The molecule has 32 heavy (non-hydrogen) atoms. The van der Waals surface area contributed by atoms with Crippen LogP contribution in [0, 0.1) is 13.8 Å². The van der Waals surface area contributed by atoms with E-state index in [2.05, 4.69) is 54.8 Å². The zero-order valence-electron chi connectivity index (χ0n) is 20.3. The van der Waals surface area contributed by atoms with Gasteiger partial charge in [-0.15, -0.1) is 0 Å². The van der Waals surface area contributed by atoms with Gasteiger partial charge in [0.05, 0.1) is 17.0 Å². The molecule has 2 unspecified atom stereocenters. The lowest BCUT2D eigenvalue weighted by atomic mass is 10.1. The van der Waals surface area contributed by atoms with E-state index < -0.39 is 14.8 Å². The second-order valence-corrected chi connectivity index (χ2v) is 12.3. The lowest BCUT2D eigenvalue weighted by molar-refractivity contribution is -0.00524. The second kappa shape index (κ2) is 9.32. The van der Waals surface area contributed by atoms with Crippen molar-refractivity contribution in [2.45, 2.75) is 72.0 Å². The predicted molar refractivity (Wildman–Crippen MR) is 134 cm³/mol. The fourth-order valence-electron chi connectivity index (χ4n) is 3.90. The summed E-state index contributed by atoms with van der Waals surface area (Å²) in [7, 11) is -3.43. The van der Waals surface area contributed by atoms with Crippen molar-refractivity contribution in [1.82, 2.24) is 0 Å². The van der Waals surface area contributed by atoms with Crippen LogP contribution in [0.25, 0.3) is 0 Å². The molecule has 2 N–H and O–H groups in total. The molecule has 1 heterocycles. The minimum Gasteiger partial charge on any atom is -0.381 e. The number of anilines is 3. The van der Waals surface area contributed by atoms with Gasteiger partial charge in [0.15, 0.2) is 0 Å². The highest BCUT2D eigenvalue weighted by Crippen LogP contribution is 2.30. The summed E-state index contributed by atoms with van der Waals surface area (Å²) in [4.78, 5) is 2.42. The van der Waals surface area contributed by atoms with Gasteiger partial charge in [-0.05, 0) is 89.4 Å². The fraction of sp³-hybridized carbons (Fsp3) is 0.520. The number of hydrogen-bond acceptors (Lipinski definition) is 5. The lowest BCUT2D eigenvalue weighted by Crippen LogP contribution is -2.45. The van der Waals surface area contributed by atoms with Crippen molar-refractivity contribution in [3.05, 3.63) is 53.1 Å². The Balaban J connectivity index is 1.66. The van der Waals surface area contributed by atoms with Crippen LogP contribution in [0.4, 0.5) is 17.1 Å². The number of benzene rings is 2. The molecule has 0 bridgehead atoms. The van der Waals surface area contributed by atoms with Crippen molar-refractivity contribution in [3.8, 4) is 0 Å². The Kier molecular flexibility index (Phi) is 7.10. The summed E-state index contributed by atoms with van der Waals surface area (Å²) in [6.07, 6.45) is 0.458. The van der Waals surface area contributed by atoms with Gasteiger partial charge in [-0.25, -0.2) is 8.42 Å². The predicted octanol–water partition coefficient (Wildman–Crippen LogP) is 5.07. The fourth-order valence-corrected chi connectivity index (χ4v) is 4.66. The van der Waals surface area contributed by atoms with Gasteiger partial charge in [0.2, 0.25) is 10.0 Å². The second-order valence-electron chi connectivity index (χ2n) is 9.88. The molecule has 6 nitrogen and oxygen atoms in total. The Labute approximate surface area is 193 Å². The van der Waals surface area contributed by atoms with E-state index in [4.69, 9.17) is 4.74 Å². The molecule has 1 aliphatic rings. The highest BCUT2D eigenvalue weighted by molar-refractivity contribution is 7.94. The van der Waals surface area contributed by atoms with Crippen LogP contribution in [-0.2, 0) is 21.3 Å². The van der Waals surface area contributed by atoms with Gasteiger partial charge in [-0.2, -0.15) is 0 Å². The topological polar surface area (TPSA) is 70.7 Å². The lowest BCUT2D eigenvalue weighted by Gasteiger charge is -2.38. The number of nitrogens with zero attached hydrogens (tertiary/aromatic N) is 1. The zero-order chi connectivity index (χ0) is 23.7.